The zero-order chi connectivity index (χ0) is 17.1. The maximum atomic E-state index is 12.3. The van der Waals surface area contributed by atoms with Crippen molar-refractivity contribution < 1.29 is 13.2 Å². The molecular weight excluding hydrogens is 300 g/mol. The zero-order valence-corrected chi connectivity index (χ0v) is 15.0. The highest BCUT2D eigenvalue weighted by atomic mass is 32.2. The molecule has 5 nitrogen and oxygen atoms in total. The van der Waals surface area contributed by atoms with Crippen molar-refractivity contribution in [1.29, 1.82) is 0 Å². The fourth-order valence-corrected chi connectivity index (χ4v) is 2.96. The smallest absolute Gasteiger partial charge is 0.242 e. The second-order valence-corrected chi connectivity index (χ2v) is 8.33. The normalized spacial score (nSPS) is 12.0. The Morgan fingerprint density at radius 1 is 1.23 bits per heavy atom. The molecule has 1 rings (SSSR count). The largest absolute Gasteiger partial charge is 0.326 e. The Hall–Kier alpha value is -1.40. The van der Waals surface area contributed by atoms with Gasteiger partial charge in [0.05, 0.1) is 4.90 Å². The first-order valence-electron chi connectivity index (χ1n) is 7.39. The molecule has 0 heterocycles. The van der Waals surface area contributed by atoms with Crippen molar-refractivity contribution in [3.05, 3.63) is 23.3 Å². The average molecular weight is 326 g/mol. The number of aryl methyl sites for hydroxylation is 1. The lowest BCUT2D eigenvalue weighted by Crippen LogP contribution is -2.23. The molecule has 1 aromatic carbocycles. The summed E-state index contributed by atoms with van der Waals surface area (Å²) in [5, 5.41) is 2.84. The lowest BCUT2D eigenvalue weighted by Gasteiger charge is -2.16. The summed E-state index contributed by atoms with van der Waals surface area (Å²) < 4.78 is 25.7. The Morgan fingerprint density at radius 2 is 1.82 bits per heavy atom. The predicted molar refractivity (Wildman–Crippen MR) is 89.5 cm³/mol. The Bertz CT molecular complexity index is 650. The predicted octanol–water partition coefficient (Wildman–Crippen LogP) is 2.93. The lowest BCUT2D eigenvalue weighted by molar-refractivity contribution is -0.116. The van der Waals surface area contributed by atoms with E-state index in [1.807, 2.05) is 13.8 Å². The number of carbonyl (C=O) groups is 1. The van der Waals surface area contributed by atoms with E-state index in [-0.39, 0.29) is 10.8 Å². The molecule has 0 bridgehead atoms. The molecule has 1 amide bonds. The van der Waals surface area contributed by atoms with Crippen LogP contribution in [0.15, 0.2) is 17.0 Å². The van der Waals surface area contributed by atoms with Crippen molar-refractivity contribution in [3.8, 4) is 0 Å². The minimum Gasteiger partial charge on any atom is -0.326 e. The van der Waals surface area contributed by atoms with Gasteiger partial charge < -0.3 is 5.32 Å². The molecule has 0 radical (unpaired) electrons. The second-order valence-electron chi connectivity index (χ2n) is 6.18. The van der Waals surface area contributed by atoms with E-state index < -0.39 is 10.0 Å². The molecule has 0 aliphatic heterocycles. The van der Waals surface area contributed by atoms with E-state index in [0.29, 0.717) is 18.0 Å². The number of hydrogen-bond donors (Lipinski definition) is 1. The number of benzene rings is 1. The molecule has 0 fully saturated rings. The highest BCUT2D eigenvalue weighted by Gasteiger charge is 2.20. The van der Waals surface area contributed by atoms with Gasteiger partial charge >= 0.3 is 0 Å². The third-order valence-electron chi connectivity index (χ3n) is 3.64. The number of rotatable bonds is 6. The Labute approximate surface area is 133 Å². The van der Waals surface area contributed by atoms with Gasteiger partial charge in [0.2, 0.25) is 15.9 Å². The maximum Gasteiger partial charge on any atom is 0.242 e. The minimum absolute atomic E-state index is 0.0874. The standard InChI is InChI=1S/C16H26N2O3S/c1-11(2)7-8-16(19)17-15-10-14(9-12(3)13(15)4)22(20,21)18(5)6/h9-11H,7-8H2,1-6H3,(H,17,19). The Balaban J connectivity index is 3.11. The van der Waals surface area contributed by atoms with Gasteiger partial charge in [0.1, 0.15) is 0 Å². The minimum atomic E-state index is -3.52. The van der Waals surface area contributed by atoms with Crippen molar-refractivity contribution in [1.82, 2.24) is 4.31 Å². The lowest BCUT2D eigenvalue weighted by atomic mass is 10.1. The van der Waals surface area contributed by atoms with Crippen LogP contribution in [0.2, 0.25) is 0 Å². The molecule has 0 aliphatic rings. The molecule has 0 atom stereocenters. The van der Waals surface area contributed by atoms with E-state index in [2.05, 4.69) is 19.2 Å². The van der Waals surface area contributed by atoms with Crippen LogP contribution in [0.4, 0.5) is 5.69 Å². The van der Waals surface area contributed by atoms with Gasteiger partial charge in [-0.25, -0.2) is 12.7 Å². The summed E-state index contributed by atoms with van der Waals surface area (Å²) in [5.41, 5.74) is 2.28. The molecule has 0 aliphatic carbocycles. The van der Waals surface area contributed by atoms with Gasteiger partial charge in [0.15, 0.2) is 0 Å². The van der Waals surface area contributed by atoms with Crippen LogP contribution in [-0.2, 0) is 14.8 Å². The average Bonchev–Trinajstić information content (AvgIpc) is 2.41. The van der Waals surface area contributed by atoms with Gasteiger partial charge in [-0.3, -0.25) is 4.79 Å². The molecule has 0 saturated carbocycles. The van der Waals surface area contributed by atoms with E-state index in [0.717, 1.165) is 17.5 Å². The summed E-state index contributed by atoms with van der Waals surface area (Å²) in [6.45, 7) is 7.84. The molecule has 0 aromatic heterocycles. The summed E-state index contributed by atoms with van der Waals surface area (Å²) in [5.74, 6) is 0.365. The SMILES string of the molecule is Cc1cc(S(=O)(=O)N(C)C)cc(NC(=O)CCC(C)C)c1C. The number of amides is 1. The summed E-state index contributed by atoms with van der Waals surface area (Å²) in [6.07, 6.45) is 1.24. The van der Waals surface area contributed by atoms with Crippen LogP contribution in [0.1, 0.15) is 37.8 Å². The number of hydrogen-bond acceptors (Lipinski definition) is 3. The van der Waals surface area contributed by atoms with E-state index >= 15 is 0 Å². The van der Waals surface area contributed by atoms with Crippen LogP contribution in [-0.4, -0.2) is 32.7 Å². The van der Waals surface area contributed by atoms with Gasteiger partial charge in [0.25, 0.3) is 0 Å². The van der Waals surface area contributed by atoms with Crippen LogP contribution in [0.5, 0.6) is 0 Å². The number of nitrogens with one attached hydrogen (secondary N) is 1. The van der Waals surface area contributed by atoms with Crippen LogP contribution in [0.25, 0.3) is 0 Å². The second kappa shape index (κ2) is 7.24. The van der Waals surface area contributed by atoms with E-state index in [9.17, 15) is 13.2 Å². The highest BCUT2D eigenvalue weighted by molar-refractivity contribution is 7.89. The molecule has 22 heavy (non-hydrogen) atoms. The van der Waals surface area contributed by atoms with E-state index in [1.165, 1.54) is 24.5 Å². The van der Waals surface area contributed by atoms with Gasteiger partial charge in [-0.05, 0) is 49.4 Å². The summed E-state index contributed by atoms with van der Waals surface area (Å²) in [4.78, 5) is 12.2. The van der Waals surface area contributed by atoms with Crippen LogP contribution in [0, 0.1) is 19.8 Å². The Kier molecular flexibility index (Phi) is 6.14. The number of nitrogens with zero attached hydrogens (tertiary/aromatic N) is 1. The number of carbonyl (C=O) groups excluding carboxylic acids is 1. The first kappa shape index (κ1) is 18.6. The highest BCUT2D eigenvalue weighted by Crippen LogP contribution is 2.25. The molecule has 0 spiro atoms. The molecular formula is C16H26N2O3S. The van der Waals surface area contributed by atoms with Gasteiger partial charge in [-0.1, -0.05) is 13.8 Å². The van der Waals surface area contributed by atoms with Crippen LogP contribution in [0.3, 0.4) is 0 Å². The number of sulfonamides is 1. The molecule has 6 heteroatoms. The van der Waals surface area contributed by atoms with Crippen molar-refractivity contribution in [2.24, 2.45) is 5.92 Å². The van der Waals surface area contributed by atoms with Crippen molar-refractivity contribution in [2.75, 3.05) is 19.4 Å². The topological polar surface area (TPSA) is 66.5 Å². The summed E-state index contributed by atoms with van der Waals surface area (Å²) >= 11 is 0. The Morgan fingerprint density at radius 3 is 2.32 bits per heavy atom. The summed E-state index contributed by atoms with van der Waals surface area (Å²) in [6, 6.07) is 3.17. The molecule has 1 aromatic rings. The van der Waals surface area contributed by atoms with Crippen LogP contribution >= 0.6 is 0 Å². The van der Waals surface area contributed by atoms with Gasteiger partial charge in [0, 0.05) is 26.2 Å². The van der Waals surface area contributed by atoms with Crippen molar-refractivity contribution >= 4 is 21.6 Å². The quantitative estimate of drug-likeness (QED) is 0.874. The van der Waals surface area contributed by atoms with Gasteiger partial charge in [-0.15, -0.1) is 0 Å². The van der Waals surface area contributed by atoms with Crippen LogP contribution < -0.4 is 5.32 Å². The molecule has 124 valence electrons. The third-order valence-corrected chi connectivity index (χ3v) is 5.44. The van der Waals surface area contributed by atoms with Crippen molar-refractivity contribution in [3.63, 3.8) is 0 Å². The fraction of sp³-hybridized carbons (Fsp3) is 0.562. The monoisotopic (exact) mass is 326 g/mol. The van der Waals surface area contributed by atoms with E-state index in [4.69, 9.17) is 0 Å². The first-order valence-corrected chi connectivity index (χ1v) is 8.83. The summed E-state index contributed by atoms with van der Waals surface area (Å²) in [7, 11) is -0.535. The van der Waals surface area contributed by atoms with E-state index in [1.54, 1.807) is 6.07 Å². The van der Waals surface area contributed by atoms with Gasteiger partial charge in [-0.2, -0.15) is 0 Å². The molecule has 1 N–H and O–H groups in total. The van der Waals surface area contributed by atoms with Crippen molar-refractivity contribution in [2.45, 2.75) is 45.4 Å². The zero-order valence-electron chi connectivity index (χ0n) is 14.2. The first-order chi connectivity index (χ1) is 10.1. The molecule has 0 unspecified atom stereocenters. The fourth-order valence-electron chi connectivity index (χ4n) is 1.95. The third kappa shape index (κ3) is 4.55. The molecule has 0 saturated heterocycles. The number of anilines is 1. The maximum absolute atomic E-state index is 12.3.